The molecule has 152 valence electrons. The second-order valence-electron chi connectivity index (χ2n) is 8.31. The van der Waals surface area contributed by atoms with Gasteiger partial charge in [-0.3, -0.25) is 4.98 Å². The van der Waals surface area contributed by atoms with Crippen molar-refractivity contribution in [2.45, 2.75) is 30.7 Å². The van der Waals surface area contributed by atoms with Crippen LogP contribution >= 0.6 is 0 Å². The van der Waals surface area contributed by atoms with Crippen LogP contribution in [0.1, 0.15) is 46.8 Å². The van der Waals surface area contributed by atoms with E-state index in [-0.39, 0.29) is 11.8 Å². The SMILES string of the molecule is CS(=O)(=O)Cc1ccc2c(c1)C(NC1CC1)c1cc(-c3ccccc3)cnc1C=C2. The molecule has 2 aliphatic rings. The molecule has 1 unspecified atom stereocenters. The molecule has 3 aromatic rings. The number of nitrogens with zero attached hydrogens (tertiary/aromatic N) is 1. The third-order valence-electron chi connectivity index (χ3n) is 5.66. The molecule has 1 N–H and O–H groups in total. The Kier molecular flexibility index (Phi) is 4.80. The van der Waals surface area contributed by atoms with Crippen LogP contribution in [-0.2, 0) is 15.6 Å². The smallest absolute Gasteiger partial charge is 0.151 e. The topological polar surface area (TPSA) is 59.1 Å². The van der Waals surface area contributed by atoms with Crippen molar-refractivity contribution in [1.82, 2.24) is 10.3 Å². The third kappa shape index (κ3) is 4.09. The van der Waals surface area contributed by atoms with Crippen LogP contribution in [0, 0.1) is 0 Å². The van der Waals surface area contributed by atoms with E-state index >= 15 is 0 Å². The van der Waals surface area contributed by atoms with Crippen molar-refractivity contribution in [3.8, 4) is 11.1 Å². The fourth-order valence-electron chi connectivity index (χ4n) is 4.07. The fraction of sp³-hybridized carbons (Fsp3) is 0.240. The van der Waals surface area contributed by atoms with Gasteiger partial charge in [-0.1, -0.05) is 54.6 Å². The Balaban J connectivity index is 1.64. The Morgan fingerprint density at radius 1 is 0.967 bits per heavy atom. The van der Waals surface area contributed by atoms with E-state index in [4.69, 9.17) is 4.98 Å². The Bertz CT molecular complexity index is 1230. The van der Waals surface area contributed by atoms with Gasteiger partial charge in [0.25, 0.3) is 0 Å². The van der Waals surface area contributed by atoms with E-state index in [2.05, 4.69) is 35.7 Å². The molecule has 2 aromatic carbocycles. The number of hydrogen-bond acceptors (Lipinski definition) is 4. The van der Waals surface area contributed by atoms with Crippen molar-refractivity contribution >= 4 is 22.0 Å². The normalized spacial score (nSPS) is 17.8. The van der Waals surface area contributed by atoms with Gasteiger partial charge in [0.05, 0.1) is 17.5 Å². The minimum atomic E-state index is -3.10. The average molecular weight is 417 g/mol. The second kappa shape index (κ2) is 7.49. The summed E-state index contributed by atoms with van der Waals surface area (Å²) in [4.78, 5) is 4.78. The summed E-state index contributed by atoms with van der Waals surface area (Å²) >= 11 is 0. The number of fused-ring (bicyclic) bond motifs is 2. The average Bonchev–Trinajstić information content (AvgIpc) is 3.56. The van der Waals surface area contributed by atoms with Crippen LogP contribution in [0.3, 0.4) is 0 Å². The molecule has 0 amide bonds. The van der Waals surface area contributed by atoms with Crippen LogP contribution in [0.25, 0.3) is 23.3 Å². The molecule has 1 aromatic heterocycles. The van der Waals surface area contributed by atoms with Crippen LogP contribution in [0.15, 0.2) is 60.8 Å². The first kappa shape index (κ1) is 19.2. The van der Waals surface area contributed by atoms with E-state index in [1.54, 1.807) is 0 Å². The van der Waals surface area contributed by atoms with E-state index in [1.807, 2.05) is 42.6 Å². The molecule has 5 heteroatoms. The summed E-state index contributed by atoms with van der Waals surface area (Å²) in [5, 5.41) is 3.78. The van der Waals surface area contributed by atoms with Gasteiger partial charge in [-0.2, -0.15) is 0 Å². The van der Waals surface area contributed by atoms with E-state index in [0.29, 0.717) is 6.04 Å². The Morgan fingerprint density at radius 2 is 1.77 bits per heavy atom. The standard InChI is InChI=1S/C25H24N2O2S/c1-30(28,29)16-17-7-8-19-9-12-24-23(25(22(19)13-17)27-21-10-11-21)14-20(15-26-24)18-5-3-2-4-6-18/h2-9,12-15,21,25,27H,10-11,16H2,1H3. The third-order valence-corrected chi connectivity index (χ3v) is 6.52. The molecule has 1 heterocycles. The molecule has 1 saturated carbocycles. The van der Waals surface area contributed by atoms with Gasteiger partial charge in [-0.05, 0) is 52.8 Å². The summed E-state index contributed by atoms with van der Waals surface area (Å²) < 4.78 is 23.7. The van der Waals surface area contributed by atoms with Gasteiger partial charge in [0.2, 0.25) is 0 Å². The largest absolute Gasteiger partial charge is 0.303 e. The first-order valence-electron chi connectivity index (χ1n) is 10.3. The molecule has 2 aliphatic carbocycles. The Hall–Kier alpha value is -2.76. The molecule has 0 bridgehead atoms. The van der Waals surface area contributed by atoms with Crippen molar-refractivity contribution in [3.63, 3.8) is 0 Å². The highest BCUT2D eigenvalue weighted by atomic mass is 32.2. The highest BCUT2D eigenvalue weighted by Gasteiger charge is 2.30. The zero-order valence-corrected chi connectivity index (χ0v) is 17.7. The minimum absolute atomic E-state index is 0.0202. The predicted molar refractivity (Wildman–Crippen MR) is 122 cm³/mol. The number of benzene rings is 2. The Labute approximate surface area is 177 Å². The number of aromatic nitrogens is 1. The van der Waals surface area contributed by atoms with Gasteiger partial charge >= 0.3 is 0 Å². The number of nitrogens with one attached hydrogen (secondary N) is 1. The van der Waals surface area contributed by atoms with Crippen LogP contribution in [-0.4, -0.2) is 25.7 Å². The zero-order chi connectivity index (χ0) is 20.7. The first-order chi connectivity index (χ1) is 14.5. The molecule has 0 saturated heterocycles. The number of hydrogen-bond donors (Lipinski definition) is 1. The van der Waals surface area contributed by atoms with E-state index in [1.165, 1.54) is 19.1 Å². The molecule has 1 atom stereocenters. The molecule has 5 rings (SSSR count). The van der Waals surface area contributed by atoms with E-state index < -0.39 is 9.84 Å². The monoisotopic (exact) mass is 416 g/mol. The van der Waals surface area contributed by atoms with Crippen LogP contribution in [0.2, 0.25) is 0 Å². The second-order valence-corrected chi connectivity index (χ2v) is 10.4. The van der Waals surface area contributed by atoms with Crippen LogP contribution < -0.4 is 5.32 Å². The van der Waals surface area contributed by atoms with Gasteiger partial charge < -0.3 is 5.32 Å². The Morgan fingerprint density at radius 3 is 2.50 bits per heavy atom. The summed E-state index contributed by atoms with van der Waals surface area (Å²) in [6, 6.07) is 19.0. The quantitative estimate of drug-likeness (QED) is 0.659. The van der Waals surface area contributed by atoms with Crippen LogP contribution in [0.4, 0.5) is 0 Å². The predicted octanol–water partition coefficient (Wildman–Crippen LogP) is 4.62. The van der Waals surface area contributed by atoms with Gasteiger partial charge in [0, 0.05) is 24.1 Å². The summed E-state index contributed by atoms with van der Waals surface area (Å²) in [7, 11) is -3.10. The lowest BCUT2D eigenvalue weighted by molar-refractivity contribution is 0.596. The maximum Gasteiger partial charge on any atom is 0.151 e. The minimum Gasteiger partial charge on any atom is -0.303 e. The maximum atomic E-state index is 11.9. The highest BCUT2D eigenvalue weighted by Crippen LogP contribution is 2.37. The summed E-state index contributed by atoms with van der Waals surface area (Å²) in [6.07, 6.45) is 9.70. The molecular formula is C25H24N2O2S. The van der Waals surface area contributed by atoms with Gasteiger partial charge in [-0.15, -0.1) is 0 Å². The van der Waals surface area contributed by atoms with Crippen molar-refractivity contribution in [1.29, 1.82) is 0 Å². The van der Waals surface area contributed by atoms with Gasteiger partial charge in [0.1, 0.15) is 0 Å². The van der Waals surface area contributed by atoms with Crippen LogP contribution in [0.5, 0.6) is 0 Å². The fourth-order valence-corrected chi connectivity index (χ4v) is 4.86. The van der Waals surface area contributed by atoms with Gasteiger partial charge in [0.15, 0.2) is 9.84 Å². The molecule has 0 spiro atoms. The van der Waals surface area contributed by atoms with E-state index in [9.17, 15) is 8.42 Å². The summed E-state index contributed by atoms with van der Waals surface area (Å²) in [6.45, 7) is 0. The highest BCUT2D eigenvalue weighted by molar-refractivity contribution is 7.89. The first-order valence-corrected chi connectivity index (χ1v) is 12.3. The van der Waals surface area contributed by atoms with Crippen molar-refractivity contribution in [2.24, 2.45) is 0 Å². The van der Waals surface area contributed by atoms with Crippen molar-refractivity contribution < 1.29 is 8.42 Å². The molecule has 1 fully saturated rings. The maximum absolute atomic E-state index is 11.9. The molecular weight excluding hydrogens is 392 g/mol. The lowest BCUT2D eigenvalue weighted by Crippen LogP contribution is -2.26. The van der Waals surface area contributed by atoms with Gasteiger partial charge in [-0.25, -0.2) is 8.42 Å². The van der Waals surface area contributed by atoms with Crippen molar-refractivity contribution in [2.75, 3.05) is 6.26 Å². The molecule has 0 radical (unpaired) electrons. The molecule has 30 heavy (non-hydrogen) atoms. The molecule has 0 aliphatic heterocycles. The number of rotatable bonds is 5. The summed E-state index contributed by atoms with van der Waals surface area (Å²) in [5.41, 5.74) is 7.35. The van der Waals surface area contributed by atoms with E-state index in [0.717, 1.165) is 39.1 Å². The number of sulfone groups is 1. The lowest BCUT2D eigenvalue weighted by Gasteiger charge is -2.23. The lowest BCUT2D eigenvalue weighted by atomic mass is 9.92. The van der Waals surface area contributed by atoms with Crippen molar-refractivity contribution in [3.05, 3.63) is 88.7 Å². The molecule has 4 nitrogen and oxygen atoms in total. The zero-order valence-electron chi connectivity index (χ0n) is 16.9. The number of pyridine rings is 1. The summed E-state index contributed by atoms with van der Waals surface area (Å²) in [5.74, 6) is 0.0509.